The van der Waals surface area contributed by atoms with E-state index >= 15 is 0 Å². The lowest BCUT2D eigenvalue weighted by Gasteiger charge is -2.31. The molecule has 2 N–H and O–H groups in total. The third kappa shape index (κ3) is 6.39. The van der Waals surface area contributed by atoms with Crippen LogP contribution in [-0.2, 0) is 33.9 Å². The molecule has 2 aromatic rings. The van der Waals surface area contributed by atoms with Crippen LogP contribution in [0.25, 0.3) is 0 Å². The van der Waals surface area contributed by atoms with Crippen LogP contribution < -0.4 is 18.9 Å². The third-order valence-corrected chi connectivity index (χ3v) is 8.15. The van der Waals surface area contributed by atoms with Crippen molar-refractivity contribution in [1.82, 2.24) is 0 Å². The van der Waals surface area contributed by atoms with Crippen LogP contribution in [-0.4, -0.2) is 58.6 Å². The van der Waals surface area contributed by atoms with Gasteiger partial charge in [0.1, 0.15) is 11.2 Å². The summed E-state index contributed by atoms with van der Waals surface area (Å²) in [7, 11) is 2.02. The van der Waals surface area contributed by atoms with Crippen LogP contribution in [0.4, 0.5) is 0 Å². The van der Waals surface area contributed by atoms with Gasteiger partial charge in [-0.15, -0.1) is 0 Å². The molecular weight excluding hydrogens is 472 g/mol. The minimum atomic E-state index is -3.96. The molecule has 0 amide bonds. The van der Waals surface area contributed by atoms with E-state index in [9.17, 15) is 18.6 Å². The van der Waals surface area contributed by atoms with Crippen LogP contribution in [0.1, 0.15) is 49.9 Å². The number of hydrogen-bond acceptors (Lipinski definition) is 8. The molecule has 0 saturated heterocycles. The van der Waals surface area contributed by atoms with Gasteiger partial charge in [-0.05, 0) is 73.2 Å². The van der Waals surface area contributed by atoms with E-state index < -0.39 is 32.5 Å². The average Bonchev–Trinajstić information content (AvgIpc) is 2.80. The Kier molecular flexibility index (Phi) is 9.08. The summed E-state index contributed by atoms with van der Waals surface area (Å²) in [6, 6.07) is 6.69. The molecule has 0 heterocycles. The average molecular weight is 511 g/mol. The fourth-order valence-electron chi connectivity index (χ4n) is 4.49. The van der Waals surface area contributed by atoms with Crippen molar-refractivity contribution in [3.8, 4) is 23.0 Å². The van der Waals surface area contributed by atoms with Gasteiger partial charge in [-0.25, -0.2) is 8.42 Å². The van der Waals surface area contributed by atoms with Gasteiger partial charge in [-0.3, -0.25) is 0 Å². The molecule has 0 aromatic heterocycles. The zero-order chi connectivity index (χ0) is 26.6. The lowest BCUT2D eigenvalue weighted by Crippen LogP contribution is -2.39. The van der Waals surface area contributed by atoms with Crippen LogP contribution in [0.5, 0.6) is 23.0 Å². The maximum atomic E-state index is 13.3. The fraction of sp³-hybridized carbons (Fsp3) is 0.538. The predicted molar refractivity (Wildman–Crippen MR) is 136 cm³/mol. The van der Waals surface area contributed by atoms with Crippen LogP contribution >= 0.6 is 0 Å². The number of aliphatic hydroxyl groups is 2. The van der Waals surface area contributed by atoms with Crippen molar-refractivity contribution in [2.24, 2.45) is 0 Å². The topological polar surface area (TPSA) is 112 Å². The standard InChI is InChI=1S/C26H38O8S/c1-9-17-11-21(31-5)23(33-7)13-19(17)25(3,27)15-35(29,30)16-26(4,28)20-14-24(34-8)22(32-6)12-18(20)10-2/h11-14,27-28H,9-10,15-16H2,1-8H3. The Morgan fingerprint density at radius 1 is 0.657 bits per heavy atom. The van der Waals surface area contributed by atoms with E-state index in [1.165, 1.54) is 42.3 Å². The Morgan fingerprint density at radius 2 is 0.943 bits per heavy atom. The van der Waals surface area contributed by atoms with Crippen LogP contribution in [0.2, 0.25) is 0 Å². The third-order valence-electron chi connectivity index (χ3n) is 6.14. The van der Waals surface area contributed by atoms with Gasteiger partial charge in [0.25, 0.3) is 0 Å². The predicted octanol–water partition coefficient (Wildman–Crippen LogP) is 3.38. The van der Waals surface area contributed by atoms with Gasteiger partial charge in [-0.2, -0.15) is 0 Å². The molecule has 0 fully saturated rings. The van der Waals surface area contributed by atoms with Crippen molar-refractivity contribution >= 4 is 9.84 Å². The second kappa shape index (κ2) is 11.1. The highest BCUT2D eigenvalue weighted by Crippen LogP contribution is 2.39. The SMILES string of the molecule is CCc1cc(OC)c(OC)cc1C(C)(O)CS(=O)(=O)CC(C)(O)c1cc(OC)c(OC)cc1CC. The van der Waals surface area contributed by atoms with E-state index in [1.54, 1.807) is 24.3 Å². The Bertz CT molecular complexity index is 1050. The molecule has 0 radical (unpaired) electrons. The fourth-order valence-corrected chi connectivity index (χ4v) is 6.62. The first-order valence-electron chi connectivity index (χ1n) is 11.4. The van der Waals surface area contributed by atoms with Gasteiger partial charge >= 0.3 is 0 Å². The number of hydrogen-bond donors (Lipinski definition) is 2. The first-order chi connectivity index (χ1) is 16.3. The molecule has 8 nitrogen and oxygen atoms in total. The van der Waals surface area contributed by atoms with E-state index in [0.717, 1.165) is 11.1 Å². The maximum Gasteiger partial charge on any atom is 0.161 e. The molecular formula is C26H38O8S. The lowest BCUT2D eigenvalue weighted by atomic mass is 9.91. The molecule has 0 saturated carbocycles. The normalized spacial score (nSPS) is 15.1. The highest BCUT2D eigenvalue weighted by Gasteiger charge is 2.38. The smallest absolute Gasteiger partial charge is 0.161 e. The van der Waals surface area contributed by atoms with Crippen molar-refractivity contribution in [3.05, 3.63) is 46.5 Å². The number of methoxy groups -OCH3 is 4. The van der Waals surface area contributed by atoms with Gasteiger partial charge in [-0.1, -0.05) is 13.8 Å². The summed E-state index contributed by atoms with van der Waals surface area (Å²) < 4.78 is 48.1. The van der Waals surface area contributed by atoms with E-state index in [4.69, 9.17) is 18.9 Å². The highest BCUT2D eigenvalue weighted by atomic mass is 32.2. The first-order valence-corrected chi connectivity index (χ1v) is 13.3. The summed E-state index contributed by atoms with van der Waals surface area (Å²) in [6.45, 7) is 6.72. The molecule has 196 valence electrons. The van der Waals surface area contributed by atoms with Crippen molar-refractivity contribution in [3.63, 3.8) is 0 Å². The number of rotatable bonds is 12. The molecule has 0 aliphatic rings. The highest BCUT2D eigenvalue weighted by molar-refractivity contribution is 7.91. The molecule has 2 aromatic carbocycles. The molecule has 0 aliphatic heterocycles. The van der Waals surface area contributed by atoms with Crippen molar-refractivity contribution in [1.29, 1.82) is 0 Å². The van der Waals surface area contributed by atoms with Crippen LogP contribution in [0.15, 0.2) is 24.3 Å². The molecule has 0 aliphatic carbocycles. The van der Waals surface area contributed by atoms with Crippen LogP contribution in [0.3, 0.4) is 0 Å². The second-order valence-corrected chi connectivity index (χ2v) is 11.1. The summed E-state index contributed by atoms with van der Waals surface area (Å²) in [6.07, 6.45) is 1.10. The molecule has 2 unspecified atom stereocenters. The summed E-state index contributed by atoms with van der Waals surface area (Å²) in [5.74, 6) is 0.593. The van der Waals surface area contributed by atoms with E-state index in [2.05, 4.69) is 0 Å². The number of ether oxygens (including phenoxy) is 4. The molecule has 0 spiro atoms. The molecule has 35 heavy (non-hydrogen) atoms. The van der Waals surface area contributed by atoms with Gasteiger partial charge in [0.15, 0.2) is 32.8 Å². The zero-order valence-electron chi connectivity index (χ0n) is 21.9. The minimum absolute atomic E-state index is 0.391. The number of aryl methyl sites for hydroxylation is 2. The summed E-state index contributed by atoms with van der Waals surface area (Å²) in [5, 5.41) is 22.7. The van der Waals surface area contributed by atoms with Gasteiger partial charge in [0.05, 0.1) is 39.9 Å². The lowest BCUT2D eigenvalue weighted by molar-refractivity contribution is 0.0732. The van der Waals surface area contributed by atoms with Gasteiger partial charge < -0.3 is 29.2 Å². The van der Waals surface area contributed by atoms with Crippen molar-refractivity contribution in [2.75, 3.05) is 39.9 Å². The van der Waals surface area contributed by atoms with E-state index in [1.807, 2.05) is 13.8 Å². The summed E-state index contributed by atoms with van der Waals surface area (Å²) in [5.41, 5.74) is -1.12. The Balaban J connectivity index is 2.46. The monoisotopic (exact) mass is 510 g/mol. The quantitative estimate of drug-likeness (QED) is 0.447. The Morgan fingerprint density at radius 3 is 1.20 bits per heavy atom. The molecule has 0 bridgehead atoms. The Hall–Kier alpha value is -2.49. The van der Waals surface area contributed by atoms with Gasteiger partial charge in [0.2, 0.25) is 0 Å². The van der Waals surface area contributed by atoms with Crippen molar-refractivity contribution in [2.45, 2.75) is 51.7 Å². The molecule has 2 atom stereocenters. The summed E-state index contributed by atoms with van der Waals surface area (Å²) in [4.78, 5) is 0. The largest absolute Gasteiger partial charge is 0.493 e. The number of sulfone groups is 1. The molecule has 2 rings (SSSR count). The van der Waals surface area contributed by atoms with E-state index in [0.29, 0.717) is 47.0 Å². The van der Waals surface area contributed by atoms with E-state index in [-0.39, 0.29) is 0 Å². The molecule has 9 heteroatoms. The zero-order valence-corrected chi connectivity index (χ0v) is 22.7. The maximum absolute atomic E-state index is 13.3. The minimum Gasteiger partial charge on any atom is -0.493 e. The van der Waals surface area contributed by atoms with Crippen LogP contribution in [0, 0.1) is 0 Å². The first kappa shape index (κ1) is 28.7. The second-order valence-electron chi connectivity index (χ2n) is 9.02. The van der Waals surface area contributed by atoms with Gasteiger partial charge in [0, 0.05) is 0 Å². The number of benzene rings is 2. The van der Waals surface area contributed by atoms with Crippen molar-refractivity contribution < 1.29 is 37.6 Å². The Labute approximate surface area is 208 Å². The summed E-state index contributed by atoms with van der Waals surface area (Å²) >= 11 is 0.